The van der Waals surface area contributed by atoms with Gasteiger partial charge in [0.1, 0.15) is 12.6 Å². The van der Waals surface area contributed by atoms with Gasteiger partial charge in [0.15, 0.2) is 0 Å². The van der Waals surface area contributed by atoms with Crippen molar-refractivity contribution in [2.45, 2.75) is 58.5 Å². The highest BCUT2D eigenvalue weighted by Gasteiger charge is 2.51. The van der Waals surface area contributed by atoms with Gasteiger partial charge >= 0.3 is 6.03 Å². The number of hydrogen-bond acceptors (Lipinski definition) is 4. The number of likely N-dealkylation sites (tertiary alicyclic amines) is 1. The van der Waals surface area contributed by atoms with E-state index >= 15 is 0 Å². The van der Waals surface area contributed by atoms with Gasteiger partial charge in [-0.05, 0) is 48.5 Å². The molecule has 0 unspecified atom stereocenters. The summed E-state index contributed by atoms with van der Waals surface area (Å²) in [4.78, 5) is 40.4. The molecule has 4 amide bonds. The zero-order valence-corrected chi connectivity index (χ0v) is 16.4. The van der Waals surface area contributed by atoms with E-state index in [0.29, 0.717) is 6.42 Å². The van der Waals surface area contributed by atoms with Crippen LogP contribution in [0.1, 0.15) is 46.5 Å². The van der Waals surface area contributed by atoms with E-state index in [0.717, 1.165) is 36.5 Å². The first-order valence-corrected chi connectivity index (χ1v) is 10.4. The fraction of sp³-hybridized carbons (Fsp3) is 0.833. The fourth-order valence-electron chi connectivity index (χ4n) is 5.14. The number of nitrogens with one attached hydrogen (secondary N) is 1. The topological polar surface area (TPSA) is 69.7 Å². The number of carbonyl (C=O) groups is 3. The van der Waals surface area contributed by atoms with Crippen molar-refractivity contribution in [3.05, 3.63) is 0 Å². The van der Waals surface area contributed by atoms with Crippen molar-refractivity contribution in [3.63, 3.8) is 0 Å². The van der Waals surface area contributed by atoms with Crippen LogP contribution in [0.25, 0.3) is 0 Å². The van der Waals surface area contributed by atoms with Gasteiger partial charge in [0.25, 0.3) is 5.91 Å². The van der Waals surface area contributed by atoms with Crippen LogP contribution in [0.5, 0.6) is 0 Å². The largest absolute Gasteiger partial charge is 0.338 e. The highest BCUT2D eigenvalue weighted by molar-refractivity contribution is 7.98. The van der Waals surface area contributed by atoms with E-state index < -0.39 is 12.1 Å². The average molecular weight is 368 g/mol. The number of carbonyl (C=O) groups excluding carboxylic acids is 3. The molecule has 25 heavy (non-hydrogen) atoms. The summed E-state index contributed by atoms with van der Waals surface area (Å²) in [5.74, 6) is 0.446. The van der Waals surface area contributed by atoms with Crippen molar-refractivity contribution in [2.24, 2.45) is 10.8 Å². The van der Waals surface area contributed by atoms with E-state index in [1.54, 1.807) is 11.8 Å². The summed E-state index contributed by atoms with van der Waals surface area (Å²) in [6.45, 7) is 7.38. The molecule has 3 fully saturated rings. The van der Waals surface area contributed by atoms with Crippen LogP contribution in [0.15, 0.2) is 0 Å². The summed E-state index contributed by atoms with van der Waals surface area (Å²) in [5.41, 5.74) is 0.386. The lowest BCUT2D eigenvalue weighted by Gasteiger charge is -2.39. The third-order valence-corrected chi connectivity index (χ3v) is 6.39. The second-order valence-corrected chi connectivity index (χ2v) is 9.93. The Morgan fingerprint density at radius 2 is 2.00 bits per heavy atom. The van der Waals surface area contributed by atoms with Crippen LogP contribution in [0.2, 0.25) is 0 Å². The molecule has 0 aromatic rings. The molecule has 1 N–H and O–H groups in total. The minimum atomic E-state index is -0.484. The molecule has 1 saturated carbocycles. The minimum absolute atomic E-state index is 0.0968. The number of nitrogens with zero attached hydrogens (tertiary/aromatic N) is 2. The summed E-state index contributed by atoms with van der Waals surface area (Å²) >= 11 is 1.64. The predicted molar refractivity (Wildman–Crippen MR) is 98.3 cm³/mol. The molecule has 0 spiro atoms. The maximum Gasteiger partial charge on any atom is 0.325 e. The normalized spacial score (nSPS) is 33.8. The first-order chi connectivity index (χ1) is 11.6. The highest BCUT2D eigenvalue weighted by Crippen LogP contribution is 2.52. The van der Waals surface area contributed by atoms with Gasteiger partial charge in [-0.1, -0.05) is 20.8 Å². The Morgan fingerprint density at radius 3 is 2.68 bits per heavy atom. The molecule has 2 heterocycles. The Bertz CT molecular complexity index is 594. The molecular formula is C18H29N3O3S. The molecule has 3 atom stereocenters. The van der Waals surface area contributed by atoms with Crippen molar-refractivity contribution >= 4 is 29.6 Å². The van der Waals surface area contributed by atoms with Crippen LogP contribution in [0.4, 0.5) is 4.79 Å². The van der Waals surface area contributed by atoms with E-state index in [9.17, 15) is 14.4 Å². The Labute approximate surface area is 154 Å². The van der Waals surface area contributed by atoms with E-state index in [1.807, 2.05) is 11.2 Å². The van der Waals surface area contributed by atoms with Crippen LogP contribution in [-0.2, 0) is 9.59 Å². The molecule has 6 nitrogen and oxygen atoms in total. The lowest BCUT2D eigenvalue weighted by atomic mass is 9.65. The van der Waals surface area contributed by atoms with Crippen LogP contribution in [-0.4, -0.2) is 64.8 Å². The maximum absolute atomic E-state index is 12.9. The number of rotatable bonds is 5. The van der Waals surface area contributed by atoms with Crippen LogP contribution in [0, 0.1) is 10.8 Å². The average Bonchev–Trinajstić information content (AvgIpc) is 2.91. The van der Waals surface area contributed by atoms with Gasteiger partial charge in [0, 0.05) is 12.6 Å². The third-order valence-electron chi connectivity index (χ3n) is 5.75. The fourth-order valence-corrected chi connectivity index (χ4v) is 5.61. The molecule has 3 rings (SSSR count). The SMILES string of the molecule is CSCC[C@H]1NC(=O)N(CC(=O)N2C[C@@]3(C)C[C@H]2CC(C)(C)C3)C1=O. The Balaban J connectivity index is 1.65. The Kier molecular flexibility index (Phi) is 4.81. The number of fused-ring (bicyclic) bond motifs is 2. The Hall–Kier alpha value is -1.24. The molecule has 1 aliphatic carbocycles. The second kappa shape index (κ2) is 6.49. The van der Waals surface area contributed by atoms with E-state index in [1.165, 1.54) is 0 Å². The van der Waals surface area contributed by atoms with Crippen LogP contribution >= 0.6 is 11.8 Å². The number of urea groups is 1. The van der Waals surface area contributed by atoms with Crippen molar-refractivity contribution in [1.82, 2.24) is 15.1 Å². The van der Waals surface area contributed by atoms with Crippen LogP contribution in [0.3, 0.4) is 0 Å². The van der Waals surface area contributed by atoms with E-state index in [4.69, 9.17) is 0 Å². The molecule has 2 saturated heterocycles. The van der Waals surface area contributed by atoms with Crippen molar-refractivity contribution in [3.8, 4) is 0 Å². The first kappa shape index (κ1) is 18.5. The van der Waals surface area contributed by atoms with Crippen molar-refractivity contribution < 1.29 is 14.4 Å². The number of thioether (sulfide) groups is 1. The quantitative estimate of drug-likeness (QED) is 0.756. The number of hydrogen-bond donors (Lipinski definition) is 1. The predicted octanol–water partition coefficient (Wildman–Crippen LogP) is 2.09. The molecule has 140 valence electrons. The molecule has 0 radical (unpaired) electrons. The first-order valence-electron chi connectivity index (χ1n) is 9.04. The number of amides is 4. The molecule has 2 aliphatic heterocycles. The van der Waals surface area contributed by atoms with Gasteiger partial charge in [-0.25, -0.2) is 4.79 Å². The second-order valence-electron chi connectivity index (χ2n) is 8.94. The van der Waals surface area contributed by atoms with E-state index in [-0.39, 0.29) is 35.2 Å². The van der Waals surface area contributed by atoms with Gasteiger partial charge in [0.2, 0.25) is 5.91 Å². The molecular weight excluding hydrogens is 338 g/mol. The van der Waals surface area contributed by atoms with Crippen molar-refractivity contribution in [2.75, 3.05) is 25.1 Å². The lowest BCUT2D eigenvalue weighted by molar-refractivity contribution is -0.138. The molecule has 0 aromatic carbocycles. The van der Waals surface area contributed by atoms with Gasteiger partial charge in [-0.2, -0.15) is 11.8 Å². The molecule has 0 aromatic heterocycles. The summed E-state index contributed by atoms with van der Waals surface area (Å²) in [7, 11) is 0. The summed E-state index contributed by atoms with van der Waals surface area (Å²) in [6.07, 6.45) is 5.70. The van der Waals surface area contributed by atoms with Crippen LogP contribution < -0.4 is 5.32 Å². The highest BCUT2D eigenvalue weighted by atomic mass is 32.2. The monoisotopic (exact) mass is 367 g/mol. The zero-order valence-electron chi connectivity index (χ0n) is 15.6. The smallest absolute Gasteiger partial charge is 0.325 e. The minimum Gasteiger partial charge on any atom is -0.338 e. The molecule has 2 bridgehead atoms. The number of imide groups is 1. The molecule has 3 aliphatic rings. The van der Waals surface area contributed by atoms with Gasteiger partial charge < -0.3 is 10.2 Å². The van der Waals surface area contributed by atoms with Gasteiger partial charge in [0.05, 0.1) is 0 Å². The lowest BCUT2D eigenvalue weighted by Crippen LogP contribution is -2.45. The Morgan fingerprint density at radius 1 is 1.28 bits per heavy atom. The zero-order chi connectivity index (χ0) is 18.4. The summed E-state index contributed by atoms with van der Waals surface area (Å²) in [6, 6.07) is -0.686. The third kappa shape index (κ3) is 3.66. The maximum atomic E-state index is 12.9. The summed E-state index contributed by atoms with van der Waals surface area (Å²) < 4.78 is 0. The van der Waals surface area contributed by atoms with Crippen molar-refractivity contribution in [1.29, 1.82) is 0 Å². The van der Waals surface area contributed by atoms with Gasteiger partial charge in [-0.15, -0.1) is 0 Å². The summed E-state index contributed by atoms with van der Waals surface area (Å²) in [5, 5.41) is 2.70. The van der Waals surface area contributed by atoms with Gasteiger partial charge in [-0.3, -0.25) is 14.5 Å². The molecule has 7 heteroatoms. The van der Waals surface area contributed by atoms with E-state index in [2.05, 4.69) is 26.1 Å². The standard InChI is InChI=1S/C18H29N3O3S/c1-17(2)7-12-8-18(3,10-17)11-21(12)14(22)9-20-15(23)13(5-6-25-4)19-16(20)24/h12-13H,5-11H2,1-4H3,(H,19,24)/t12-,13-,18+/m1/s1.